The molecule has 0 atom stereocenters. The molecular formula is C18H20Cl2N2O2. The first-order chi connectivity index (χ1) is 11.6. The fraction of sp³-hybridized carbons (Fsp3) is 0.278. The average Bonchev–Trinajstić information content (AvgIpc) is 2.60. The standard InChI is InChI=1S/C18H20Cl2N2O2/c1-4-17(13-9-8-12(23-2)10-18(13)24-3)22-21-11-14-15(19)6-5-7-16(14)20/h5-10,21H,4,11H2,1-3H3/b22-17+. The Hall–Kier alpha value is -1.91. The van der Waals surface area contributed by atoms with E-state index in [9.17, 15) is 0 Å². The summed E-state index contributed by atoms with van der Waals surface area (Å²) >= 11 is 12.3. The zero-order valence-electron chi connectivity index (χ0n) is 13.9. The first kappa shape index (κ1) is 18.4. The molecule has 0 bridgehead atoms. The Morgan fingerprint density at radius 2 is 1.79 bits per heavy atom. The van der Waals surface area contributed by atoms with Crippen LogP contribution in [0.2, 0.25) is 10.0 Å². The van der Waals surface area contributed by atoms with Crippen LogP contribution in [0, 0.1) is 0 Å². The van der Waals surface area contributed by atoms with Gasteiger partial charge in [0.15, 0.2) is 0 Å². The van der Waals surface area contributed by atoms with Gasteiger partial charge in [-0.15, -0.1) is 0 Å². The van der Waals surface area contributed by atoms with Crippen LogP contribution in [0.5, 0.6) is 11.5 Å². The first-order valence-electron chi connectivity index (χ1n) is 7.55. The quantitative estimate of drug-likeness (QED) is 0.558. The van der Waals surface area contributed by atoms with Crippen LogP contribution in [0.15, 0.2) is 41.5 Å². The predicted octanol–water partition coefficient (Wildman–Crippen LogP) is 4.91. The molecule has 0 saturated heterocycles. The predicted molar refractivity (Wildman–Crippen MR) is 99.7 cm³/mol. The Balaban J connectivity index is 2.21. The molecule has 0 aromatic heterocycles. The summed E-state index contributed by atoms with van der Waals surface area (Å²) in [4.78, 5) is 0. The summed E-state index contributed by atoms with van der Waals surface area (Å²) in [7, 11) is 3.25. The first-order valence-corrected chi connectivity index (χ1v) is 8.31. The van der Waals surface area contributed by atoms with Gasteiger partial charge in [0.25, 0.3) is 0 Å². The molecule has 0 spiro atoms. The Morgan fingerprint density at radius 3 is 2.38 bits per heavy atom. The van der Waals surface area contributed by atoms with Crippen molar-refractivity contribution in [2.75, 3.05) is 14.2 Å². The molecule has 0 aliphatic carbocycles. The summed E-state index contributed by atoms with van der Waals surface area (Å²) in [6.45, 7) is 2.48. The molecule has 2 aromatic carbocycles. The van der Waals surface area contributed by atoms with E-state index in [1.807, 2.05) is 31.2 Å². The topological polar surface area (TPSA) is 42.9 Å². The van der Waals surface area contributed by atoms with E-state index in [0.29, 0.717) is 22.3 Å². The fourth-order valence-electron chi connectivity index (χ4n) is 2.28. The number of ether oxygens (including phenoxy) is 2. The highest BCUT2D eigenvalue weighted by molar-refractivity contribution is 6.35. The van der Waals surface area contributed by atoms with Gasteiger partial charge in [0.1, 0.15) is 11.5 Å². The molecule has 2 aromatic rings. The molecule has 0 saturated carbocycles. The third-order valence-electron chi connectivity index (χ3n) is 3.59. The van der Waals surface area contributed by atoms with Gasteiger partial charge in [0.2, 0.25) is 0 Å². The van der Waals surface area contributed by atoms with Gasteiger partial charge >= 0.3 is 0 Å². The van der Waals surface area contributed by atoms with Crippen LogP contribution in [0.1, 0.15) is 24.5 Å². The van der Waals surface area contributed by atoms with E-state index in [-0.39, 0.29) is 0 Å². The molecule has 1 N–H and O–H groups in total. The van der Waals surface area contributed by atoms with Gasteiger partial charge in [-0.1, -0.05) is 36.2 Å². The molecule has 0 heterocycles. The van der Waals surface area contributed by atoms with E-state index in [1.54, 1.807) is 26.4 Å². The maximum absolute atomic E-state index is 6.17. The smallest absolute Gasteiger partial charge is 0.131 e. The third-order valence-corrected chi connectivity index (χ3v) is 4.29. The van der Waals surface area contributed by atoms with Crippen molar-refractivity contribution in [3.63, 3.8) is 0 Å². The van der Waals surface area contributed by atoms with Crippen molar-refractivity contribution in [2.45, 2.75) is 19.9 Å². The number of nitrogens with zero attached hydrogens (tertiary/aromatic N) is 1. The van der Waals surface area contributed by atoms with E-state index in [4.69, 9.17) is 32.7 Å². The molecule has 0 aliphatic rings. The van der Waals surface area contributed by atoms with Gasteiger partial charge in [-0.25, -0.2) is 0 Å². The van der Waals surface area contributed by atoms with Crippen molar-refractivity contribution in [2.24, 2.45) is 5.10 Å². The Labute approximate surface area is 152 Å². The summed E-state index contributed by atoms with van der Waals surface area (Å²) < 4.78 is 10.7. The van der Waals surface area contributed by atoms with E-state index < -0.39 is 0 Å². The van der Waals surface area contributed by atoms with Crippen molar-refractivity contribution in [3.8, 4) is 11.5 Å². The Kier molecular flexibility index (Phi) is 6.76. The van der Waals surface area contributed by atoms with Crippen molar-refractivity contribution in [3.05, 3.63) is 57.6 Å². The van der Waals surface area contributed by atoms with Crippen molar-refractivity contribution < 1.29 is 9.47 Å². The molecule has 0 fully saturated rings. The molecule has 6 heteroatoms. The highest BCUT2D eigenvalue weighted by Crippen LogP contribution is 2.26. The van der Waals surface area contributed by atoms with E-state index in [0.717, 1.165) is 29.0 Å². The molecule has 24 heavy (non-hydrogen) atoms. The second-order valence-corrected chi connectivity index (χ2v) is 5.83. The normalized spacial score (nSPS) is 11.3. The second kappa shape index (κ2) is 8.81. The lowest BCUT2D eigenvalue weighted by atomic mass is 10.1. The van der Waals surface area contributed by atoms with Crippen LogP contribution in [0.4, 0.5) is 0 Å². The van der Waals surface area contributed by atoms with E-state index in [1.165, 1.54) is 0 Å². The van der Waals surface area contributed by atoms with Crippen molar-refractivity contribution in [1.29, 1.82) is 0 Å². The van der Waals surface area contributed by atoms with Gasteiger partial charge in [-0.05, 0) is 30.7 Å². The van der Waals surface area contributed by atoms with Gasteiger partial charge in [0, 0.05) is 27.2 Å². The van der Waals surface area contributed by atoms with E-state index in [2.05, 4.69) is 10.5 Å². The highest BCUT2D eigenvalue weighted by Gasteiger charge is 2.11. The average molecular weight is 367 g/mol. The number of hydrogen-bond donors (Lipinski definition) is 1. The summed E-state index contributed by atoms with van der Waals surface area (Å²) in [5, 5.41) is 5.71. The number of hydrazone groups is 1. The molecule has 4 nitrogen and oxygen atoms in total. The summed E-state index contributed by atoms with van der Waals surface area (Å²) in [5.41, 5.74) is 5.65. The maximum Gasteiger partial charge on any atom is 0.131 e. The minimum absolute atomic E-state index is 0.445. The van der Waals surface area contributed by atoms with Crippen LogP contribution in [0.25, 0.3) is 0 Å². The number of benzene rings is 2. The SMILES string of the molecule is CC/C(=N\NCc1c(Cl)cccc1Cl)c1ccc(OC)cc1OC. The fourth-order valence-corrected chi connectivity index (χ4v) is 2.81. The molecule has 128 valence electrons. The summed E-state index contributed by atoms with van der Waals surface area (Å²) in [5.74, 6) is 1.45. The molecule has 0 unspecified atom stereocenters. The Morgan fingerprint density at radius 1 is 1.08 bits per heavy atom. The Bertz CT molecular complexity index is 713. The number of halogens is 2. The minimum Gasteiger partial charge on any atom is -0.497 e. The third kappa shape index (κ3) is 4.34. The van der Waals surface area contributed by atoms with Gasteiger partial charge in [-0.2, -0.15) is 5.10 Å². The van der Waals surface area contributed by atoms with Crippen molar-refractivity contribution >= 4 is 28.9 Å². The summed E-state index contributed by atoms with van der Waals surface area (Å²) in [6.07, 6.45) is 0.742. The number of rotatable bonds is 7. The largest absolute Gasteiger partial charge is 0.497 e. The lowest BCUT2D eigenvalue weighted by Crippen LogP contribution is -2.12. The number of hydrogen-bond acceptors (Lipinski definition) is 4. The maximum atomic E-state index is 6.17. The molecular weight excluding hydrogens is 347 g/mol. The van der Waals surface area contributed by atoms with Gasteiger partial charge < -0.3 is 14.9 Å². The monoisotopic (exact) mass is 366 g/mol. The summed E-state index contributed by atoms with van der Waals surface area (Å²) in [6, 6.07) is 11.1. The zero-order chi connectivity index (χ0) is 17.5. The van der Waals surface area contributed by atoms with E-state index >= 15 is 0 Å². The molecule has 0 amide bonds. The lowest BCUT2D eigenvalue weighted by molar-refractivity contribution is 0.393. The van der Waals surface area contributed by atoms with Crippen LogP contribution < -0.4 is 14.9 Å². The van der Waals surface area contributed by atoms with Crippen LogP contribution in [-0.4, -0.2) is 19.9 Å². The molecule has 0 aliphatic heterocycles. The van der Waals surface area contributed by atoms with Gasteiger partial charge in [-0.3, -0.25) is 0 Å². The molecule has 2 rings (SSSR count). The van der Waals surface area contributed by atoms with Gasteiger partial charge in [0.05, 0.1) is 26.5 Å². The number of nitrogens with one attached hydrogen (secondary N) is 1. The second-order valence-electron chi connectivity index (χ2n) is 5.01. The van der Waals surface area contributed by atoms with Crippen LogP contribution in [0.3, 0.4) is 0 Å². The van der Waals surface area contributed by atoms with Crippen molar-refractivity contribution in [1.82, 2.24) is 5.43 Å². The van der Waals surface area contributed by atoms with Crippen LogP contribution in [-0.2, 0) is 6.54 Å². The zero-order valence-corrected chi connectivity index (χ0v) is 15.4. The number of methoxy groups -OCH3 is 2. The molecule has 0 radical (unpaired) electrons. The minimum atomic E-state index is 0.445. The highest BCUT2D eigenvalue weighted by atomic mass is 35.5. The lowest BCUT2D eigenvalue weighted by Gasteiger charge is -2.12. The van der Waals surface area contributed by atoms with Crippen LogP contribution >= 0.6 is 23.2 Å².